The van der Waals surface area contributed by atoms with Crippen LogP contribution >= 0.6 is 0 Å². The van der Waals surface area contributed by atoms with Gasteiger partial charge in [0.25, 0.3) is 0 Å². The Morgan fingerprint density at radius 3 is 2.12 bits per heavy atom. The Morgan fingerprint density at radius 1 is 0.941 bits per heavy atom. The van der Waals surface area contributed by atoms with Crippen molar-refractivity contribution in [3.63, 3.8) is 0 Å². The van der Waals surface area contributed by atoms with Crippen LogP contribution in [0.25, 0.3) is 0 Å². The highest BCUT2D eigenvalue weighted by Crippen LogP contribution is 2.31. The molecule has 0 radical (unpaired) electrons. The van der Waals surface area contributed by atoms with Crippen LogP contribution in [0.1, 0.15) is 26.3 Å². The smallest absolute Gasteiger partial charge is 0.339 e. The Kier molecular flexibility index (Phi) is 9.17. The monoisotopic (exact) mass is 493 g/mol. The number of nitrogens with one attached hydrogen (secondary N) is 1. The Bertz CT molecular complexity index is 1060. The van der Waals surface area contributed by atoms with Gasteiger partial charge in [-0.2, -0.15) is 8.42 Å². The van der Waals surface area contributed by atoms with E-state index in [1.807, 2.05) is 39.8 Å². The van der Waals surface area contributed by atoms with Gasteiger partial charge >= 0.3 is 16.1 Å². The first-order valence-corrected chi connectivity index (χ1v) is 12.2. The van der Waals surface area contributed by atoms with Gasteiger partial charge in [0, 0.05) is 25.2 Å². The summed E-state index contributed by atoms with van der Waals surface area (Å²) in [4.78, 5) is 16.5. The van der Waals surface area contributed by atoms with Gasteiger partial charge in [-0.15, -0.1) is 0 Å². The fourth-order valence-electron chi connectivity index (χ4n) is 2.99. The first kappa shape index (κ1) is 27.3. The molecule has 0 atom stereocenters. The van der Waals surface area contributed by atoms with E-state index in [0.717, 1.165) is 0 Å². The number of carbonyl (C=O) groups is 1. The maximum atomic E-state index is 12.9. The molecule has 0 aliphatic carbocycles. The molecule has 0 aliphatic rings. The molecular formula is C24H35N3O6S. The van der Waals surface area contributed by atoms with E-state index in [4.69, 9.17) is 13.7 Å². The fraction of sp³-hybridized carbons (Fsp3) is 0.458. The van der Waals surface area contributed by atoms with Crippen LogP contribution in [-0.2, 0) is 16.7 Å². The molecule has 0 saturated carbocycles. The summed E-state index contributed by atoms with van der Waals surface area (Å²) in [6, 6.07) is 10.7. The summed E-state index contributed by atoms with van der Waals surface area (Å²) in [5.74, 6) is 0.837. The summed E-state index contributed by atoms with van der Waals surface area (Å²) in [5, 5.41) is 2.98. The predicted molar refractivity (Wildman–Crippen MR) is 131 cm³/mol. The fourth-order valence-corrected chi connectivity index (χ4v) is 3.92. The molecule has 0 unspecified atom stereocenters. The molecule has 0 spiro atoms. The maximum Gasteiger partial charge on any atom is 0.339 e. The van der Waals surface area contributed by atoms with Gasteiger partial charge in [0.2, 0.25) is 0 Å². The quantitative estimate of drug-likeness (QED) is 0.507. The van der Waals surface area contributed by atoms with Gasteiger partial charge in [-0.1, -0.05) is 6.07 Å². The largest absolute Gasteiger partial charge is 0.497 e. The number of likely N-dealkylation sites (N-methyl/N-ethyl adjacent to an activating group) is 1. The van der Waals surface area contributed by atoms with Crippen LogP contribution in [0.3, 0.4) is 0 Å². The second-order valence-corrected chi connectivity index (χ2v) is 10.6. The van der Waals surface area contributed by atoms with E-state index in [0.29, 0.717) is 24.4 Å². The van der Waals surface area contributed by atoms with Crippen LogP contribution in [0.15, 0.2) is 47.4 Å². The third kappa shape index (κ3) is 8.11. The average Bonchev–Trinajstić information content (AvgIpc) is 2.75. The Hall–Kier alpha value is -2.98. The molecule has 10 heteroatoms. The number of carbonyl (C=O) groups excluding carboxylic acids is 1. The van der Waals surface area contributed by atoms with Gasteiger partial charge in [-0.25, -0.2) is 4.79 Å². The summed E-state index contributed by atoms with van der Waals surface area (Å²) in [7, 11) is 2.69. The lowest BCUT2D eigenvalue weighted by molar-refractivity contribution is 0.180. The van der Waals surface area contributed by atoms with Crippen LogP contribution in [0, 0.1) is 0 Å². The molecule has 0 aliphatic heterocycles. The minimum atomic E-state index is -4.11. The van der Waals surface area contributed by atoms with E-state index in [9.17, 15) is 13.2 Å². The van der Waals surface area contributed by atoms with Crippen molar-refractivity contribution in [3.8, 4) is 17.2 Å². The average molecular weight is 494 g/mol. The predicted octanol–water partition coefficient (Wildman–Crippen LogP) is 3.34. The van der Waals surface area contributed by atoms with Crippen LogP contribution in [-0.4, -0.2) is 71.2 Å². The van der Waals surface area contributed by atoms with Crippen molar-refractivity contribution in [2.75, 3.05) is 41.4 Å². The molecule has 188 valence electrons. The number of hydrogen-bond donors (Lipinski definition) is 1. The number of hydrogen-bond acceptors (Lipinski definition) is 7. The number of rotatable bonds is 10. The van der Waals surface area contributed by atoms with E-state index in [1.54, 1.807) is 35.2 Å². The molecule has 0 bridgehead atoms. The van der Waals surface area contributed by atoms with Crippen molar-refractivity contribution < 1.29 is 26.9 Å². The molecule has 0 fully saturated rings. The number of urea groups is 1. The molecular weight excluding hydrogens is 458 g/mol. The molecule has 2 aromatic rings. The lowest BCUT2D eigenvalue weighted by atomic mass is 10.1. The van der Waals surface area contributed by atoms with Gasteiger partial charge in [0.05, 0.1) is 14.2 Å². The third-order valence-electron chi connectivity index (χ3n) is 4.74. The SMILES string of the molecule is COc1ccc(S(=O)(=O)Oc2cc(CN(CCN(C)C)C(=O)NC(C)(C)C)ccc2OC)cc1. The number of nitrogens with zero attached hydrogens (tertiary/aromatic N) is 2. The number of methoxy groups -OCH3 is 2. The van der Waals surface area contributed by atoms with Gasteiger partial charge in [-0.3, -0.25) is 0 Å². The summed E-state index contributed by atoms with van der Waals surface area (Å²) in [5.41, 5.74) is 0.303. The van der Waals surface area contributed by atoms with E-state index >= 15 is 0 Å². The topological polar surface area (TPSA) is 97.4 Å². The van der Waals surface area contributed by atoms with Crippen LogP contribution in [0.5, 0.6) is 17.2 Å². The first-order chi connectivity index (χ1) is 15.8. The number of amides is 2. The van der Waals surface area contributed by atoms with Crippen LogP contribution in [0.4, 0.5) is 4.79 Å². The minimum Gasteiger partial charge on any atom is -0.497 e. The normalized spacial score (nSPS) is 11.8. The van der Waals surface area contributed by atoms with E-state index in [1.165, 1.54) is 26.4 Å². The molecule has 2 amide bonds. The summed E-state index contributed by atoms with van der Waals surface area (Å²) >= 11 is 0. The summed E-state index contributed by atoms with van der Waals surface area (Å²) in [6.45, 7) is 7.16. The van der Waals surface area contributed by atoms with Crippen molar-refractivity contribution in [3.05, 3.63) is 48.0 Å². The zero-order chi connectivity index (χ0) is 25.5. The Balaban J connectivity index is 2.31. The van der Waals surface area contributed by atoms with E-state index < -0.39 is 15.7 Å². The van der Waals surface area contributed by atoms with Gasteiger partial charge in [0.15, 0.2) is 11.5 Å². The number of benzene rings is 2. The van der Waals surface area contributed by atoms with Crippen molar-refractivity contribution in [2.45, 2.75) is 37.8 Å². The molecule has 1 N–H and O–H groups in total. The molecule has 9 nitrogen and oxygen atoms in total. The summed E-state index contributed by atoms with van der Waals surface area (Å²) < 4.78 is 41.5. The van der Waals surface area contributed by atoms with E-state index in [-0.39, 0.29) is 29.0 Å². The zero-order valence-electron chi connectivity index (χ0n) is 20.9. The van der Waals surface area contributed by atoms with Crippen molar-refractivity contribution >= 4 is 16.1 Å². The Labute approximate surface area is 202 Å². The third-order valence-corrected chi connectivity index (χ3v) is 5.98. The lowest BCUT2D eigenvalue weighted by Gasteiger charge is -2.29. The van der Waals surface area contributed by atoms with Crippen LogP contribution in [0.2, 0.25) is 0 Å². The van der Waals surface area contributed by atoms with Gasteiger partial charge < -0.3 is 28.8 Å². The highest BCUT2D eigenvalue weighted by atomic mass is 32.2. The molecule has 2 rings (SSSR count). The first-order valence-electron chi connectivity index (χ1n) is 10.8. The van der Waals surface area contributed by atoms with Crippen molar-refractivity contribution in [1.29, 1.82) is 0 Å². The highest BCUT2D eigenvalue weighted by molar-refractivity contribution is 7.87. The van der Waals surface area contributed by atoms with Crippen molar-refractivity contribution in [1.82, 2.24) is 15.1 Å². The van der Waals surface area contributed by atoms with Gasteiger partial charge in [-0.05, 0) is 76.8 Å². The Morgan fingerprint density at radius 2 is 1.59 bits per heavy atom. The zero-order valence-corrected chi connectivity index (χ0v) is 21.7. The molecule has 34 heavy (non-hydrogen) atoms. The molecule has 2 aromatic carbocycles. The maximum absolute atomic E-state index is 12.9. The lowest BCUT2D eigenvalue weighted by Crippen LogP contribution is -2.49. The summed E-state index contributed by atoms with van der Waals surface area (Å²) in [6.07, 6.45) is 0. The molecule has 0 aromatic heterocycles. The second kappa shape index (κ2) is 11.4. The van der Waals surface area contributed by atoms with Crippen molar-refractivity contribution in [2.24, 2.45) is 0 Å². The standard InChI is InChI=1S/C24H35N3O6S/c1-24(2,3)25-23(28)27(15-14-26(4)5)17-18-8-13-21(32-7)22(16-18)33-34(29,30)20-11-9-19(31-6)10-12-20/h8-13,16H,14-15,17H2,1-7H3,(H,25,28). The number of ether oxygens (including phenoxy) is 2. The molecule has 0 heterocycles. The highest BCUT2D eigenvalue weighted by Gasteiger charge is 2.23. The van der Waals surface area contributed by atoms with Crippen LogP contribution < -0.4 is 19.0 Å². The second-order valence-electron chi connectivity index (χ2n) is 9.10. The molecule has 0 saturated heterocycles. The van der Waals surface area contributed by atoms with E-state index in [2.05, 4.69) is 5.32 Å². The van der Waals surface area contributed by atoms with Gasteiger partial charge in [0.1, 0.15) is 10.6 Å². The minimum absolute atomic E-state index is 0.0158.